The molecule has 0 spiro atoms. The van der Waals surface area contributed by atoms with E-state index in [1.165, 1.54) is 9.71 Å². The van der Waals surface area contributed by atoms with Crippen molar-refractivity contribution in [2.24, 2.45) is 0 Å². The number of thiazole rings is 1. The van der Waals surface area contributed by atoms with Gasteiger partial charge in [0.25, 0.3) is 0 Å². The highest BCUT2D eigenvalue weighted by molar-refractivity contribution is 7.18. The fourth-order valence-corrected chi connectivity index (χ4v) is 4.73. The lowest BCUT2D eigenvalue weighted by Gasteiger charge is -2.31. The molecule has 0 bridgehead atoms. The van der Waals surface area contributed by atoms with Crippen LogP contribution in [0.5, 0.6) is 5.75 Å². The third kappa shape index (κ3) is 4.14. The van der Waals surface area contributed by atoms with Crippen LogP contribution in [0.2, 0.25) is 0 Å². The number of likely N-dealkylation sites (tertiary alicyclic amines) is 1. The van der Waals surface area contributed by atoms with Crippen molar-refractivity contribution in [2.45, 2.75) is 32.1 Å². The number of piperidine rings is 1. The summed E-state index contributed by atoms with van der Waals surface area (Å²) < 4.78 is 6.71. The van der Waals surface area contributed by atoms with Crippen LogP contribution in [-0.4, -0.2) is 35.5 Å². The summed E-state index contributed by atoms with van der Waals surface area (Å²) in [6.07, 6.45) is 2.45. The molecule has 1 aliphatic heterocycles. The first-order chi connectivity index (χ1) is 13.2. The molecule has 0 atom stereocenters. The van der Waals surface area contributed by atoms with Crippen LogP contribution < -0.4 is 4.74 Å². The predicted molar refractivity (Wildman–Crippen MR) is 109 cm³/mol. The average molecular weight is 381 g/mol. The van der Waals surface area contributed by atoms with E-state index >= 15 is 0 Å². The van der Waals surface area contributed by atoms with Crippen LogP contribution in [0, 0.1) is 0 Å². The van der Waals surface area contributed by atoms with Gasteiger partial charge in [-0.25, -0.2) is 4.98 Å². The quantitative estimate of drug-likeness (QED) is 0.647. The second kappa shape index (κ2) is 8.09. The van der Waals surface area contributed by atoms with Crippen LogP contribution in [0.3, 0.4) is 0 Å². The average Bonchev–Trinajstić information content (AvgIpc) is 3.14. The summed E-state index contributed by atoms with van der Waals surface area (Å²) in [5, 5.41) is 1.22. The Morgan fingerprint density at radius 1 is 1.15 bits per heavy atom. The number of aromatic nitrogens is 1. The van der Waals surface area contributed by atoms with Crippen molar-refractivity contribution < 1.29 is 9.53 Å². The Bertz CT molecular complexity index is 878. The number of carbonyl (C=O) groups is 1. The molecule has 4 nitrogen and oxygen atoms in total. The molecule has 0 radical (unpaired) electrons. The molecule has 5 heteroatoms. The molecule has 2 aromatic carbocycles. The van der Waals surface area contributed by atoms with Gasteiger partial charge in [-0.05, 0) is 49.6 Å². The van der Waals surface area contributed by atoms with Crippen LogP contribution in [0.15, 0.2) is 48.5 Å². The minimum Gasteiger partial charge on any atom is -0.494 e. The number of hydrogen-bond acceptors (Lipinski definition) is 4. The molecule has 27 heavy (non-hydrogen) atoms. The molecule has 1 amide bonds. The molecule has 0 N–H and O–H groups in total. The van der Waals surface area contributed by atoms with Gasteiger partial charge < -0.3 is 9.64 Å². The summed E-state index contributed by atoms with van der Waals surface area (Å²) >= 11 is 1.79. The standard InChI is InChI=1S/C22H24N2O2S/c1-2-26-18-9-7-16(8-10-18)15-21(25)24-13-11-17(12-14-24)22-23-19-5-3-4-6-20(19)27-22/h3-10,17H,2,11-15H2,1H3. The molecular formula is C22H24N2O2S. The summed E-state index contributed by atoms with van der Waals surface area (Å²) in [6.45, 7) is 4.25. The van der Waals surface area contributed by atoms with Gasteiger partial charge in [-0.1, -0.05) is 24.3 Å². The first kappa shape index (κ1) is 18.0. The number of amides is 1. The molecule has 2 heterocycles. The zero-order chi connectivity index (χ0) is 18.6. The summed E-state index contributed by atoms with van der Waals surface area (Å²) in [5.41, 5.74) is 2.13. The number of para-hydroxylation sites is 1. The van der Waals surface area contributed by atoms with Gasteiger partial charge in [0, 0.05) is 19.0 Å². The molecule has 1 aliphatic rings. The van der Waals surface area contributed by atoms with E-state index in [-0.39, 0.29) is 5.91 Å². The molecule has 140 valence electrons. The van der Waals surface area contributed by atoms with Crippen molar-refractivity contribution in [3.63, 3.8) is 0 Å². The lowest BCUT2D eigenvalue weighted by atomic mass is 9.97. The first-order valence-corrected chi connectivity index (χ1v) is 10.4. The largest absolute Gasteiger partial charge is 0.494 e. The fraction of sp³-hybridized carbons (Fsp3) is 0.364. The van der Waals surface area contributed by atoms with Gasteiger partial charge in [0.2, 0.25) is 5.91 Å². The van der Waals surface area contributed by atoms with Crippen molar-refractivity contribution in [1.29, 1.82) is 0 Å². The first-order valence-electron chi connectivity index (χ1n) is 9.58. The molecule has 1 saturated heterocycles. The van der Waals surface area contributed by atoms with Crippen LogP contribution in [0.25, 0.3) is 10.2 Å². The summed E-state index contributed by atoms with van der Waals surface area (Å²) in [4.78, 5) is 19.4. The van der Waals surface area contributed by atoms with Crippen molar-refractivity contribution in [3.05, 3.63) is 59.1 Å². The number of rotatable bonds is 5. The normalized spacial score (nSPS) is 15.2. The maximum absolute atomic E-state index is 12.6. The number of hydrogen-bond donors (Lipinski definition) is 0. The van der Waals surface area contributed by atoms with Gasteiger partial charge in [0.15, 0.2) is 0 Å². The number of fused-ring (bicyclic) bond motifs is 1. The van der Waals surface area contributed by atoms with Crippen molar-refractivity contribution >= 4 is 27.5 Å². The number of ether oxygens (including phenoxy) is 1. The molecule has 1 fully saturated rings. The Balaban J connectivity index is 1.33. The fourth-order valence-electron chi connectivity index (χ4n) is 3.60. The molecule has 0 unspecified atom stereocenters. The van der Waals surface area contributed by atoms with Crippen LogP contribution in [-0.2, 0) is 11.2 Å². The Morgan fingerprint density at radius 2 is 1.89 bits per heavy atom. The van der Waals surface area contributed by atoms with Crippen LogP contribution in [0.1, 0.15) is 36.3 Å². The molecule has 1 aromatic heterocycles. The summed E-state index contributed by atoms with van der Waals surface area (Å²) in [7, 11) is 0. The third-order valence-electron chi connectivity index (χ3n) is 5.10. The van der Waals surface area contributed by atoms with E-state index in [1.807, 2.05) is 42.2 Å². The Kier molecular flexibility index (Phi) is 5.39. The number of carbonyl (C=O) groups excluding carboxylic acids is 1. The number of benzene rings is 2. The van der Waals surface area contributed by atoms with Gasteiger partial charge in [-0.3, -0.25) is 4.79 Å². The van der Waals surface area contributed by atoms with Gasteiger partial charge in [-0.2, -0.15) is 0 Å². The molecular weight excluding hydrogens is 356 g/mol. The van der Waals surface area contributed by atoms with Gasteiger partial charge in [0.1, 0.15) is 5.75 Å². The topological polar surface area (TPSA) is 42.4 Å². The van der Waals surface area contributed by atoms with Gasteiger partial charge >= 0.3 is 0 Å². The smallest absolute Gasteiger partial charge is 0.226 e. The molecule has 0 saturated carbocycles. The van der Waals surface area contributed by atoms with Crippen molar-refractivity contribution in [2.75, 3.05) is 19.7 Å². The van der Waals surface area contributed by atoms with E-state index in [9.17, 15) is 4.79 Å². The maximum Gasteiger partial charge on any atom is 0.226 e. The van der Waals surface area contributed by atoms with E-state index in [4.69, 9.17) is 9.72 Å². The van der Waals surface area contributed by atoms with Crippen LogP contribution in [0.4, 0.5) is 0 Å². The van der Waals surface area contributed by atoms with E-state index in [1.54, 1.807) is 11.3 Å². The van der Waals surface area contributed by atoms with E-state index < -0.39 is 0 Å². The second-order valence-electron chi connectivity index (χ2n) is 6.93. The molecule has 4 rings (SSSR count). The number of nitrogens with zero attached hydrogens (tertiary/aromatic N) is 2. The highest BCUT2D eigenvalue weighted by Gasteiger charge is 2.25. The van der Waals surface area contributed by atoms with E-state index in [0.717, 1.165) is 42.8 Å². The van der Waals surface area contributed by atoms with Crippen LogP contribution >= 0.6 is 11.3 Å². The lowest BCUT2D eigenvalue weighted by Crippen LogP contribution is -2.38. The maximum atomic E-state index is 12.6. The van der Waals surface area contributed by atoms with Crippen molar-refractivity contribution in [3.8, 4) is 5.75 Å². The summed E-state index contributed by atoms with van der Waals surface area (Å²) in [5.74, 6) is 1.53. The Morgan fingerprint density at radius 3 is 2.59 bits per heavy atom. The molecule has 3 aromatic rings. The minimum atomic E-state index is 0.210. The Hall–Kier alpha value is -2.40. The SMILES string of the molecule is CCOc1ccc(CC(=O)N2CCC(c3nc4ccccc4s3)CC2)cc1. The molecule has 0 aliphatic carbocycles. The second-order valence-corrected chi connectivity index (χ2v) is 7.99. The Labute approximate surface area is 163 Å². The van der Waals surface area contributed by atoms with E-state index in [0.29, 0.717) is 18.9 Å². The highest BCUT2D eigenvalue weighted by atomic mass is 32.1. The third-order valence-corrected chi connectivity index (χ3v) is 6.30. The monoisotopic (exact) mass is 380 g/mol. The zero-order valence-electron chi connectivity index (χ0n) is 15.6. The summed E-state index contributed by atoms with van der Waals surface area (Å²) in [6, 6.07) is 16.1. The zero-order valence-corrected chi connectivity index (χ0v) is 16.4. The highest BCUT2D eigenvalue weighted by Crippen LogP contribution is 2.33. The predicted octanol–water partition coefficient (Wildman–Crippen LogP) is 4.64. The van der Waals surface area contributed by atoms with Crippen molar-refractivity contribution in [1.82, 2.24) is 9.88 Å². The van der Waals surface area contributed by atoms with Gasteiger partial charge in [0.05, 0.1) is 28.3 Å². The minimum absolute atomic E-state index is 0.210. The van der Waals surface area contributed by atoms with E-state index in [2.05, 4.69) is 18.2 Å². The lowest BCUT2D eigenvalue weighted by molar-refractivity contribution is -0.131. The van der Waals surface area contributed by atoms with Gasteiger partial charge in [-0.15, -0.1) is 11.3 Å².